The number of hydrogen-bond acceptors (Lipinski definition) is 2. The third kappa shape index (κ3) is 2.29. The van der Waals surface area contributed by atoms with Gasteiger partial charge in [-0.2, -0.15) is 23.7 Å². The molecule has 0 spiro atoms. The lowest BCUT2D eigenvalue weighted by atomic mass is 10.0. The predicted octanol–water partition coefficient (Wildman–Crippen LogP) is 2.78. The van der Waals surface area contributed by atoms with Crippen LogP contribution in [-0.2, 0) is 12.6 Å². The van der Waals surface area contributed by atoms with E-state index in [1.165, 1.54) is 6.07 Å². The van der Waals surface area contributed by atoms with Gasteiger partial charge in [0.1, 0.15) is 5.82 Å². The lowest BCUT2D eigenvalue weighted by molar-refractivity contribution is -0.137. The van der Waals surface area contributed by atoms with Gasteiger partial charge >= 0.3 is 6.18 Å². The largest absolute Gasteiger partial charge is 0.416 e. The van der Waals surface area contributed by atoms with Crippen LogP contribution in [0.1, 0.15) is 16.7 Å². The molecule has 0 saturated carbocycles. The topological polar surface area (TPSA) is 47.6 Å². The van der Waals surface area contributed by atoms with Crippen LogP contribution >= 0.6 is 0 Å². The van der Waals surface area contributed by atoms with Crippen LogP contribution in [0.25, 0.3) is 0 Å². The molecule has 1 rings (SSSR count). The molecule has 0 aliphatic heterocycles. The zero-order valence-electron chi connectivity index (χ0n) is 7.77. The fourth-order valence-corrected chi connectivity index (χ4v) is 1.16. The van der Waals surface area contributed by atoms with Crippen molar-refractivity contribution >= 4 is 0 Å². The van der Waals surface area contributed by atoms with Gasteiger partial charge in [-0.1, -0.05) is 0 Å². The van der Waals surface area contributed by atoms with Crippen LogP contribution in [0.15, 0.2) is 12.1 Å². The van der Waals surface area contributed by atoms with E-state index < -0.39 is 29.5 Å². The molecule has 0 aromatic heterocycles. The van der Waals surface area contributed by atoms with E-state index in [1.807, 2.05) is 0 Å². The van der Waals surface area contributed by atoms with Gasteiger partial charge in [-0.05, 0) is 12.1 Å². The van der Waals surface area contributed by atoms with Crippen molar-refractivity contribution in [1.29, 1.82) is 10.5 Å². The van der Waals surface area contributed by atoms with Crippen LogP contribution < -0.4 is 0 Å². The predicted molar refractivity (Wildman–Crippen MR) is 45.4 cm³/mol. The van der Waals surface area contributed by atoms with E-state index >= 15 is 0 Å². The highest BCUT2D eigenvalue weighted by Gasteiger charge is 2.32. The highest BCUT2D eigenvalue weighted by Crippen LogP contribution is 2.31. The van der Waals surface area contributed by atoms with E-state index in [0.29, 0.717) is 6.07 Å². The second kappa shape index (κ2) is 4.19. The number of hydrogen-bond donors (Lipinski definition) is 0. The summed E-state index contributed by atoms with van der Waals surface area (Å²) < 4.78 is 50.0. The van der Waals surface area contributed by atoms with Gasteiger partial charge < -0.3 is 0 Å². The van der Waals surface area contributed by atoms with Crippen molar-refractivity contribution < 1.29 is 17.6 Å². The molecule has 82 valence electrons. The van der Waals surface area contributed by atoms with Crippen molar-refractivity contribution in [3.63, 3.8) is 0 Å². The molecule has 0 aliphatic carbocycles. The Morgan fingerprint density at radius 3 is 2.25 bits per heavy atom. The van der Waals surface area contributed by atoms with Crippen molar-refractivity contribution in [3.05, 3.63) is 34.6 Å². The lowest BCUT2D eigenvalue weighted by Gasteiger charge is -2.09. The number of halogens is 4. The van der Waals surface area contributed by atoms with E-state index in [-0.39, 0.29) is 11.6 Å². The quantitative estimate of drug-likeness (QED) is 0.694. The summed E-state index contributed by atoms with van der Waals surface area (Å²) in [5, 5.41) is 16.9. The summed E-state index contributed by atoms with van der Waals surface area (Å²) in [6, 6.07) is 3.85. The zero-order chi connectivity index (χ0) is 12.3. The minimum atomic E-state index is -4.71. The second-order valence-electron chi connectivity index (χ2n) is 2.93. The number of benzene rings is 1. The van der Waals surface area contributed by atoms with Crippen LogP contribution in [-0.4, -0.2) is 0 Å². The summed E-state index contributed by atoms with van der Waals surface area (Å²) in [5.74, 6) is -1.19. The van der Waals surface area contributed by atoms with Gasteiger partial charge in [-0.15, -0.1) is 0 Å². The maximum Gasteiger partial charge on any atom is 0.416 e. The SMILES string of the molecule is N#CCc1c(F)cc(C(F)(F)F)cc1C#N. The van der Waals surface area contributed by atoms with Crippen molar-refractivity contribution in [2.24, 2.45) is 0 Å². The summed E-state index contributed by atoms with van der Waals surface area (Å²) in [6.45, 7) is 0. The molecular formula is C10H4F4N2. The van der Waals surface area contributed by atoms with E-state index in [4.69, 9.17) is 10.5 Å². The zero-order valence-corrected chi connectivity index (χ0v) is 7.77. The molecule has 0 bridgehead atoms. The summed E-state index contributed by atoms with van der Waals surface area (Å²) in [5.41, 5.74) is -2.00. The van der Waals surface area contributed by atoms with Crippen molar-refractivity contribution in [3.8, 4) is 12.1 Å². The summed E-state index contributed by atoms with van der Waals surface area (Å²) >= 11 is 0. The molecule has 0 atom stereocenters. The number of nitriles is 2. The Bertz CT molecular complexity index is 491. The van der Waals surface area contributed by atoms with Gasteiger partial charge in [0.2, 0.25) is 0 Å². The molecule has 0 saturated heterocycles. The smallest absolute Gasteiger partial charge is 0.207 e. The van der Waals surface area contributed by atoms with Gasteiger partial charge in [0.05, 0.1) is 29.7 Å². The molecule has 1 aromatic rings. The first-order valence-electron chi connectivity index (χ1n) is 4.06. The monoisotopic (exact) mass is 228 g/mol. The number of alkyl halides is 3. The molecule has 0 amide bonds. The Hall–Kier alpha value is -2.08. The third-order valence-electron chi connectivity index (χ3n) is 1.90. The van der Waals surface area contributed by atoms with E-state index in [2.05, 4.69) is 0 Å². The van der Waals surface area contributed by atoms with Crippen LogP contribution in [0.2, 0.25) is 0 Å². The van der Waals surface area contributed by atoms with Crippen molar-refractivity contribution in [1.82, 2.24) is 0 Å². The maximum absolute atomic E-state index is 13.2. The molecule has 0 radical (unpaired) electrons. The first-order valence-corrected chi connectivity index (χ1v) is 4.06. The number of rotatable bonds is 1. The molecule has 0 unspecified atom stereocenters. The molecule has 0 N–H and O–H groups in total. The Morgan fingerprint density at radius 1 is 1.19 bits per heavy atom. The minimum Gasteiger partial charge on any atom is -0.207 e. The van der Waals surface area contributed by atoms with Crippen LogP contribution in [0, 0.1) is 28.5 Å². The lowest BCUT2D eigenvalue weighted by Crippen LogP contribution is -2.08. The van der Waals surface area contributed by atoms with Gasteiger partial charge in [0.15, 0.2) is 0 Å². The Labute approximate surface area is 88.3 Å². The van der Waals surface area contributed by atoms with Crippen molar-refractivity contribution in [2.75, 3.05) is 0 Å². The van der Waals surface area contributed by atoms with Crippen LogP contribution in [0.3, 0.4) is 0 Å². The highest BCUT2D eigenvalue weighted by molar-refractivity contribution is 5.43. The maximum atomic E-state index is 13.2. The number of nitrogens with zero attached hydrogens (tertiary/aromatic N) is 2. The minimum absolute atomic E-state index is 0.285. The van der Waals surface area contributed by atoms with Gasteiger partial charge in [-0.3, -0.25) is 0 Å². The molecule has 0 fully saturated rings. The van der Waals surface area contributed by atoms with Gasteiger partial charge in [-0.25, -0.2) is 4.39 Å². The van der Waals surface area contributed by atoms with Crippen LogP contribution in [0.5, 0.6) is 0 Å². The average Bonchev–Trinajstić information content (AvgIpc) is 2.19. The molecular weight excluding hydrogens is 224 g/mol. The van der Waals surface area contributed by atoms with Crippen LogP contribution in [0.4, 0.5) is 17.6 Å². The third-order valence-corrected chi connectivity index (χ3v) is 1.90. The average molecular weight is 228 g/mol. The Morgan fingerprint density at radius 2 is 1.81 bits per heavy atom. The summed E-state index contributed by atoms with van der Waals surface area (Å²) in [7, 11) is 0. The fraction of sp³-hybridized carbons (Fsp3) is 0.200. The first kappa shape index (κ1) is 12.0. The molecule has 0 aliphatic rings. The molecule has 1 aromatic carbocycles. The normalized spacial score (nSPS) is 10.6. The molecule has 0 heterocycles. The summed E-state index contributed by atoms with van der Waals surface area (Å²) in [4.78, 5) is 0. The Balaban J connectivity index is 3.41. The van der Waals surface area contributed by atoms with Gasteiger partial charge in [0, 0.05) is 5.56 Å². The van der Waals surface area contributed by atoms with E-state index in [0.717, 1.165) is 0 Å². The molecule has 6 heteroatoms. The molecule has 16 heavy (non-hydrogen) atoms. The molecule has 2 nitrogen and oxygen atoms in total. The van der Waals surface area contributed by atoms with Gasteiger partial charge in [0.25, 0.3) is 0 Å². The van der Waals surface area contributed by atoms with E-state index in [1.54, 1.807) is 6.07 Å². The first-order chi connectivity index (χ1) is 7.40. The summed E-state index contributed by atoms with van der Waals surface area (Å²) in [6.07, 6.45) is -5.15. The Kier molecular flexibility index (Phi) is 3.14. The van der Waals surface area contributed by atoms with E-state index in [9.17, 15) is 17.6 Å². The van der Waals surface area contributed by atoms with Crippen molar-refractivity contribution in [2.45, 2.75) is 12.6 Å². The standard InChI is InChI=1S/C10H4F4N2/c11-9-4-7(10(12,13)14)3-6(5-16)8(9)1-2-15/h3-4H,1H2. The fourth-order valence-electron chi connectivity index (χ4n) is 1.16. The highest BCUT2D eigenvalue weighted by atomic mass is 19.4. The second-order valence-corrected chi connectivity index (χ2v) is 2.93.